The molecule has 0 radical (unpaired) electrons. The van der Waals surface area contributed by atoms with Crippen molar-refractivity contribution in [3.8, 4) is 0 Å². The second-order valence-corrected chi connectivity index (χ2v) is 6.83. The Balaban J connectivity index is 1.42. The smallest absolute Gasteiger partial charge is 0.272 e. The predicted octanol–water partition coefficient (Wildman–Crippen LogP) is 1.63. The van der Waals surface area contributed by atoms with Gasteiger partial charge in [0, 0.05) is 56.4 Å². The van der Waals surface area contributed by atoms with E-state index in [1.54, 1.807) is 6.20 Å². The summed E-state index contributed by atoms with van der Waals surface area (Å²) in [5.41, 5.74) is 4.01. The zero-order chi connectivity index (χ0) is 17.2. The van der Waals surface area contributed by atoms with Crippen molar-refractivity contribution in [1.82, 2.24) is 24.8 Å². The highest BCUT2D eigenvalue weighted by Gasteiger charge is 2.28. The van der Waals surface area contributed by atoms with Crippen LogP contribution < -0.4 is 0 Å². The van der Waals surface area contributed by atoms with Crippen LogP contribution in [-0.2, 0) is 19.4 Å². The third-order valence-electron chi connectivity index (χ3n) is 5.04. The Morgan fingerprint density at radius 3 is 2.76 bits per heavy atom. The van der Waals surface area contributed by atoms with Crippen LogP contribution in [0.1, 0.15) is 39.6 Å². The van der Waals surface area contributed by atoms with E-state index in [9.17, 15) is 4.79 Å². The first-order chi connectivity index (χ1) is 12.2. The van der Waals surface area contributed by atoms with Gasteiger partial charge in [-0.1, -0.05) is 6.07 Å². The van der Waals surface area contributed by atoms with Gasteiger partial charge >= 0.3 is 0 Å². The molecule has 0 unspecified atom stereocenters. The summed E-state index contributed by atoms with van der Waals surface area (Å²) in [6, 6.07) is 4.06. The van der Waals surface area contributed by atoms with E-state index in [1.165, 1.54) is 5.56 Å². The van der Waals surface area contributed by atoms with Crippen LogP contribution >= 0.6 is 0 Å². The standard InChI is InChI=1S/C19H23N5O/c1-14-21-17-6-2-5-16(17)18(22-14)19(25)24-10-8-23(9-11-24)13-15-4-3-7-20-12-15/h3-4,7,12H,2,5-6,8-11,13H2,1H3. The predicted molar refractivity (Wildman–Crippen MR) is 94.2 cm³/mol. The Hall–Kier alpha value is -2.34. The third-order valence-corrected chi connectivity index (χ3v) is 5.04. The van der Waals surface area contributed by atoms with Gasteiger partial charge in [0.1, 0.15) is 11.5 Å². The van der Waals surface area contributed by atoms with Crippen molar-refractivity contribution in [2.75, 3.05) is 26.2 Å². The molecule has 1 aliphatic carbocycles. The lowest BCUT2D eigenvalue weighted by molar-refractivity contribution is 0.0621. The molecule has 1 fully saturated rings. The lowest BCUT2D eigenvalue weighted by Crippen LogP contribution is -2.48. The minimum absolute atomic E-state index is 0.0738. The molecular formula is C19H23N5O. The van der Waals surface area contributed by atoms with Gasteiger partial charge in [-0.05, 0) is 37.8 Å². The van der Waals surface area contributed by atoms with Crippen LogP contribution in [0.25, 0.3) is 0 Å². The largest absolute Gasteiger partial charge is 0.335 e. The van der Waals surface area contributed by atoms with E-state index in [2.05, 4.69) is 25.9 Å². The molecule has 2 aromatic heterocycles. The van der Waals surface area contributed by atoms with E-state index in [0.717, 1.165) is 63.2 Å². The maximum Gasteiger partial charge on any atom is 0.272 e. The van der Waals surface area contributed by atoms with Crippen LogP contribution in [0.4, 0.5) is 0 Å². The van der Waals surface area contributed by atoms with E-state index in [0.29, 0.717) is 11.5 Å². The summed E-state index contributed by atoms with van der Waals surface area (Å²) in [6.07, 6.45) is 6.68. The average molecular weight is 337 g/mol. The maximum absolute atomic E-state index is 13.0. The van der Waals surface area contributed by atoms with Crippen LogP contribution in [0, 0.1) is 6.92 Å². The molecule has 0 saturated carbocycles. The molecule has 1 saturated heterocycles. The Morgan fingerprint density at radius 2 is 2.00 bits per heavy atom. The van der Waals surface area contributed by atoms with Gasteiger partial charge in [0.25, 0.3) is 5.91 Å². The minimum atomic E-state index is 0.0738. The lowest BCUT2D eigenvalue weighted by Gasteiger charge is -2.34. The molecule has 6 heteroatoms. The molecule has 0 N–H and O–H groups in total. The van der Waals surface area contributed by atoms with Gasteiger partial charge < -0.3 is 4.90 Å². The van der Waals surface area contributed by atoms with E-state index in [1.807, 2.05) is 24.1 Å². The van der Waals surface area contributed by atoms with Crippen molar-refractivity contribution in [3.63, 3.8) is 0 Å². The number of aryl methyl sites for hydroxylation is 2. The van der Waals surface area contributed by atoms with Crippen LogP contribution in [0.5, 0.6) is 0 Å². The van der Waals surface area contributed by atoms with Crippen LogP contribution in [0.15, 0.2) is 24.5 Å². The number of aromatic nitrogens is 3. The highest BCUT2D eigenvalue weighted by molar-refractivity contribution is 5.94. The monoisotopic (exact) mass is 337 g/mol. The number of piperazine rings is 1. The van der Waals surface area contributed by atoms with Crippen molar-refractivity contribution in [2.45, 2.75) is 32.7 Å². The number of rotatable bonds is 3. The van der Waals surface area contributed by atoms with Crippen LogP contribution in [-0.4, -0.2) is 56.8 Å². The number of fused-ring (bicyclic) bond motifs is 1. The first-order valence-electron chi connectivity index (χ1n) is 8.97. The van der Waals surface area contributed by atoms with E-state index in [4.69, 9.17) is 0 Å². The quantitative estimate of drug-likeness (QED) is 0.852. The Morgan fingerprint density at radius 1 is 1.16 bits per heavy atom. The average Bonchev–Trinajstić information content (AvgIpc) is 3.10. The summed E-state index contributed by atoms with van der Waals surface area (Å²) < 4.78 is 0. The van der Waals surface area contributed by atoms with Crippen molar-refractivity contribution in [1.29, 1.82) is 0 Å². The van der Waals surface area contributed by atoms with Crippen molar-refractivity contribution in [3.05, 3.63) is 52.9 Å². The third kappa shape index (κ3) is 3.39. The molecule has 0 spiro atoms. The van der Waals surface area contributed by atoms with Gasteiger partial charge in [-0.15, -0.1) is 0 Å². The zero-order valence-electron chi connectivity index (χ0n) is 14.6. The highest BCUT2D eigenvalue weighted by atomic mass is 16.2. The highest BCUT2D eigenvalue weighted by Crippen LogP contribution is 2.24. The van der Waals surface area contributed by atoms with Gasteiger partial charge in [-0.25, -0.2) is 9.97 Å². The molecule has 3 heterocycles. The van der Waals surface area contributed by atoms with E-state index < -0.39 is 0 Å². The number of amides is 1. The maximum atomic E-state index is 13.0. The molecule has 0 bridgehead atoms. The number of carbonyl (C=O) groups is 1. The molecule has 2 aromatic rings. The van der Waals surface area contributed by atoms with Gasteiger partial charge in [0.15, 0.2) is 0 Å². The first kappa shape index (κ1) is 16.1. The topological polar surface area (TPSA) is 62.2 Å². The zero-order valence-corrected chi connectivity index (χ0v) is 14.6. The molecule has 130 valence electrons. The SMILES string of the molecule is Cc1nc2c(c(C(=O)N3CCN(Cc4cccnc4)CC3)n1)CCC2. The number of carbonyl (C=O) groups excluding carboxylic acids is 1. The molecular weight excluding hydrogens is 314 g/mol. The normalized spacial score (nSPS) is 17.6. The summed E-state index contributed by atoms with van der Waals surface area (Å²) in [7, 11) is 0. The number of pyridine rings is 1. The van der Waals surface area contributed by atoms with Crippen molar-refractivity contribution in [2.24, 2.45) is 0 Å². The fourth-order valence-electron chi connectivity index (χ4n) is 3.74. The number of hydrogen-bond donors (Lipinski definition) is 0. The van der Waals surface area contributed by atoms with Crippen LogP contribution in [0.3, 0.4) is 0 Å². The van der Waals surface area contributed by atoms with Crippen molar-refractivity contribution < 1.29 is 4.79 Å². The fourth-order valence-corrected chi connectivity index (χ4v) is 3.74. The minimum Gasteiger partial charge on any atom is -0.335 e. The van der Waals surface area contributed by atoms with Gasteiger partial charge in [-0.2, -0.15) is 0 Å². The lowest BCUT2D eigenvalue weighted by atomic mass is 10.1. The Labute approximate surface area is 147 Å². The van der Waals surface area contributed by atoms with Crippen LogP contribution in [0.2, 0.25) is 0 Å². The fraction of sp³-hybridized carbons (Fsp3) is 0.474. The van der Waals surface area contributed by atoms with Gasteiger partial charge in [0.05, 0.1) is 0 Å². The van der Waals surface area contributed by atoms with E-state index in [-0.39, 0.29) is 5.91 Å². The van der Waals surface area contributed by atoms with Gasteiger partial charge in [-0.3, -0.25) is 14.7 Å². The Bertz CT molecular complexity index is 769. The summed E-state index contributed by atoms with van der Waals surface area (Å²) in [5, 5.41) is 0. The van der Waals surface area contributed by atoms with Crippen molar-refractivity contribution >= 4 is 5.91 Å². The molecule has 1 aliphatic heterocycles. The number of nitrogens with zero attached hydrogens (tertiary/aromatic N) is 5. The summed E-state index contributed by atoms with van der Waals surface area (Å²) >= 11 is 0. The molecule has 0 aromatic carbocycles. The second-order valence-electron chi connectivity index (χ2n) is 6.83. The molecule has 4 rings (SSSR count). The molecule has 0 atom stereocenters. The molecule has 25 heavy (non-hydrogen) atoms. The van der Waals surface area contributed by atoms with Gasteiger partial charge in [0.2, 0.25) is 0 Å². The van der Waals surface area contributed by atoms with E-state index >= 15 is 0 Å². The summed E-state index contributed by atoms with van der Waals surface area (Å²) in [4.78, 5) is 30.5. The summed E-state index contributed by atoms with van der Waals surface area (Å²) in [5.74, 6) is 0.781. The molecule has 2 aliphatic rings. The summed E-state index contributed by atoms with van der Waals surface area (Å²) in [6.45, 7) is 6.02. The molecule has 1 amide bonds. The first-order valence-corrected chi connectivity index (χ1v) is 8.97. The molecule has 6 nitrogen and oxygen atoms in total. The second kappa shape index (κ2) is 6.88. The Kier molecular flexibility index (Phi) is 4.44. The number of hydrogen-bond acceptors (Lipinski definition) is 5.